The van der Waals surface area contributed by atoms with Gasteiger partial charge in [0.2, 0.25) is 5.60 Å². The van der Waals surface area contributed by atoms with E-state index < -0.39 is 29.3 Å². The van der Waals surface area contributed by atoms with E-state index in [1.54, 1.807) is 18.0 Å². The lowest BCUT2D eigenvalue weighted by atomic mass is 9.71. The number of aliphatic hydroxyl groups is 1. The molecule has 1 amide bonds. The van der Waals surface area contributed by atoms with Gasteiger partial charge in [-0.05, 0) is 30.9 Å². The molecule has 2 heterocycles. The van der Waals surface area contributed by atoms with E-state index in [4.69, 9.17) is 0 Å². The van der Waals surface area contributed by atoms with E-state index >= 15 is 0 Å². The minimum absolute atomic E-state index is 0.105. The molecule has 1 N–H and O–H groups in total. The minimum Gasteiger partial charge on any atom is -0.372 e. The Kier molecular flexibility index (Phi) is 3.05. The van der Waals surface area contributed by atoms with Crippen LogP contribution in [0.25, 0.3) is 0 Å². The first-order chi connectivity index (χ1) is 11.2. The fourth-order valence-electron chi connectivity index (χ4n) is 5.00. The van der Waals surface area contributed by atoms with Crippen LogP contribution in [0.5, 0.6) is 0 Å². The molecule has 4 nitrogen and oxygen atoms in total. The molecule has 2 fully saturated rings. The molecule has 7 heteroatoms. The lowest BCUT2D eigenvalue weighted by Crippen LogP contribution is -2.64. The Labute approximate surface area is 137 Å². The molecule has 3 aliphatic rings. The summed E-state index contributed by atoms with van der Waals surface area (Å²) in [6, 6.07) is 7.32. The highest BCUT2D eigenvalue weighted by molar-refractivity contribution is 5.92. The maximum atomic E-state index is 13.7. The first-order valence-electron chi connectivity index (χ1n) is 8.17. The largest absolute Gasteiger partial charge is 0.426 e. The molecule has 0 bridgehead atoms. The van der Waals surface area contributed by atoms with Gasteiger partial charge in [0.25, 0.3) is 5.91 Å². The quantitative estimate of drug-likeness (QED) is 0.790. The second-order valence-electron chi connectivity index (χ2n) is 7.02. The molecule has 1 saturated carbocycles. The molecule has 0 radical (unpaired) electrons. The van der Waals surface area contributed by atoms with Crippen molar-refractivity contribution in [2.24, 2.45) is 5.92 Å². The zero-order valence-corrected chi connectivity index (χ0v) is 13.3. The molecule has 1 saturated heterocycles. The van der Waals surface area contributed by atoms with Gasteiger partial charge < -0.3 is 14.9 Å². The number of benzene rings is 1. The number of nitrogens with zero attached hydrogens (tertiary/aromatic N) is 2. The van der Waals surface area contributed by atoms with Crippen molar-refractivity contribution in [2.45, 2.75) is 49.7 Å². The first kappa shape index (κ1) is 15.7. The average molecular weight is 340 g/mol. The second kappa shape index (κ2) is 4.65. The van der Waals surface area contributed by atoms with E-state index in [2.05, 4.69) is 0 Å². The number of amides is 1. The lowest BCUT2D eigenvalue weighted by Gasteiger charge is -2.55. The summed E-state index contributed by atoms with van der Waals surface area (Å²) in [4.78, 5) is 15.8. The number of alkyl halides is 3. The number of hydrogen-bond acceptors (Lipinski definition) is 3. The van der Waals surface area contributed by atoms with Crippen molar-refractivity contribution in [2.75, 3.05) is 11.9 Å². The van der Waals surface area contributed by atoms with Crippen LogP contribution >= 0.6 is 0 Å². The lowest BCUT2D eigenvalue weighted by molar-refractivity contribution is -0.265. The highest BCUT2D eigenvalue weighted by Gasteiger charge is 2.78. The van der Waals surface area contributed by atoms with Gasteiger partial charge in [-0.3, -0.25) is 4.79 Å². The van der Waals surface area contributed by atoms with Gasteiger partial charge in [0.1, 0.15) is 5.66 Å². The summed E-state index contributed by atoms with van der Waals surface area (Å²) in [7, 11) is 1.73. The van der Waals surface area contributed by atoms with Crippen LogP contribution in [-0.2, 0) is 11.3 Å². The summed E-state index contributed by atoms with van der Waals surface area (Å²) in [5, 5.41) is 10.6. The summed E-state index contributed by atoms with van der Waals surface area (Å²) in [5.41, 5.74) is -2.77. The van der Waals surface area contributed by atoms with Gasteiger partial charge in [0, 0.05) is 18.7 Å². The number of carbonyl (C=O) groups excluding carboxylic acids is 1. The van der Waals surface area contributed by atoms with Crippen LogP contribution in [0.3, 0.4) is 0 Å². The molecule has 4 rings (SSSR count). The topological polar surface area (TPSA) is 43.8 Å². The first-order valence-corrected chi connectivity index (χ1v) is 8.17. The molecule has 1 aromatic carbocycles. The van der Waals surface area contributed by atoms with E-state index in [0.717, 1.165) is 17.7 Å². The monoisotopic (exact) mass is 340 g/mol. The van der Waals surface area contributed by atoms with Gasteiger partial charge in [-0.2, -0.15) is 13.2 Å². The number of hydrogen-bond donors (Lipinski definition) is 1. The van der Waals surface area contributed by atoms with Crippen LogP contribution in [0.2, 0.25) is 0 Å². The molecule has 1 aliphatic carbocycles. The third-order valence-corrected chi connectivity index (χ3v) is 6.08. The van der Waals surface area contributed by atoms with Gasteiger partial charge in [-0.1, -0.05) is 24.6 Å². The van der Waals surface area contributed by atoms with Gasteiger partial charge in [0.15, 0.2) is 0 Å². The maximum Gasteiger partial charge on any atom is 0.426 e. The fourth-order valence-corrected chi connectivity index (χ4v) is 5.00. The Bertz CT molecular complexity index is 707. The Hall–Kier alpha value is -1.76. The summed E-state index contributed by atoms with van der Waals surface area (Å²) in [5.74, 6) is -2.38. The Morgan fingerprint density at radius 1 is 1.25 bits per heavy atom. The normalized spacial score (nSPS) is 35.5. The van der Waals surface area contributed by atoms with Gasteiger partial charge >= 0.3 is 6.18 Å². The maximum absolute atomic E-state index is 13.7. The van der Waals surface area contributed by atoms with Gasteiger partial charge in [0.05, 0.1) is 6.54 Å². The Balaban J connectivity index is 1.94. The highest BCUT2D eigenvalue weighted by atomic mass is 19.4. The zero-order chi connectivity index (χ0) is 17.3. The average Bonchev–Trinajstić information content (AvgIpc) is 2.76. The standard InChI is InChI=1S/C17H19F3N2O2/c1-21-12-7-3-2-6-11(12)10-22-14(23)16(24,17(18,19)20)13-8-4-5-9-15(13,21)22/h2-3,6-7,13,24H,4-5,8-10H2,1H3/t13-,15+,16-/m1/s1. The number of anilines is 1. The zero-order valence-electron chi connectivity index (χ0n) is 13.3. The smallest absolute Gasteiger partial charge is 0.372 e. The fraction of sp³-hybridized carbons (Fsp3) is 0.588. The van der Waals surface area contributed by atoms with E-state index in [9.17, 15) is 23.1 Å². The summed E-state index contributed by atoms with van der Waals surface area (Å²) in [6.45, 7) is 0.105. The molecular weight excluding hydrogens is 321 g/mol. The molecule has 0 unspecified atom stereocenters. The van der Waals surface area contributed by atoms with E-state index in [-0.39, 0.29) is 13.0 Å². The third kappa shape index (κ3) is 1.61. The van der Waals surface area contributed by atoms with E-state index in [1.165, 1.54) is 4.90 Å². The Morgan fingerprint density at radius 2 is 1.96 bits per heavy atom. The molecule has 130 valence electrons. The second-order valence-corrected chi connectivity index (χ2v) is 7.02. The summed E-state index contributed by atoms with van der Waals surface area (Å²) >= 11 is 0. The molecule has 1 aromatic rings. The van der Waals surface area contributed by atoms with Crippen molar-refractivity contribution in [1.82, 2.24) is 4.90 Å². The highest BCUT2D eigenvalue weighted by Crippen LogP contribution is 2.59. The van der Waals surface area contributed by atoms with Crippen molar-refractivity contribution in [3.05, 3.63) is 29.8 Å². The number of rotatable bonds is 0. The molecule has 3 atom stereocenters. The van der Waals surface area contributed by atoms with Gasteiger partial charge in [-0.15, -0.1) is 0 Å². The van der Waals surface area contributed by atoms with Crippen molar-refractivity contribution < 1.29 is 23.1 Å². The van der Waals surface area contributed by atoms with Crippen molar-refractivity contribution in [3.8, 4) is 0 Å². The summed E-state index contributed by atoms with van der Waals surface area (Å²) < 4.78 is 41.2. The van der Waals surface area contributed by atoms with Crippen LogP contribution < -0.4 is 4.90 Å². The van der Waals surface area contributed by atoms with Crippen LogP contribution in [0, 0.1) is 5.92 Å². The Morgan fingerprint density at radius 3 is 2.67 bits per heavy atom. The SMILES string of the molecule is CN1c2ccccc2CN2C(=O)[C@@](O)(C(F)(F)F)[C@@H]3CCCC[C@@]321. The van der Waals surface area contributed by atoms with Crippen LogP contribution in [0.15, 0.2) is 24.3 Å². The van der Waals surface area contributed by atoms with E-state index in [1.807, 2.05) is 18.2 Å². The summed E-state index contributed by atoms with van der Waals surface area (Å²) in [6.07, 6.45) is -3.04. The van der Waals surface area contributed by atoms with Crippen molar-refractivity contribution >= 4 is 11.6 Å². The molecule has 24 heavy (non-hydrogen) atoms. The van der Waals surface area contributed by atoms with Crippen LogP contribution in [0.4, 0.5) is 18.9 Å². The number of halogens is 3. The predicted octanol–water partition coefficient (Wildman–Crippen LogP) is 2.66. The molecule has 2 aliphatic heterocycles. The van der Waals surface area contributed by atoms with Crippen molar-refractivity contribution in [1.29, 1.82) is 0 Å². The minimum atomic E-state index is -4.98. The van der Waals surface area contributed by atoms with Crippen LogP contribution in [-0.4, -0.2) is 40.4 Å². The van der Waals surface area contributed by atoms with Gasteiger partial charge in [-0.25, -0.2) is 0 Å². The number of para-hydroxylation sites is 1. The van der Waals surface area contributed by atoms with E-state index in [0.29, 0.717) is 12.8 Å². The third-order valence-electron chi connectivity index (χ3n) is 6.08. The van der Waals surface area contributed by atoms with Crippen LogP contribution in [0.1, 0.15) is 31.2 Å². The predicted molar refractivity (Wildman–Crippen MR) is 81.1 cm³/mol. The molecule has 0 aromatic heterocycles. The molecular formula is C17H19F3N2O2. The van der Waals surface area contributed by atoms with Crippen molar-refractivity contribution in [3.63, 3.8) is 0 Å². The number of fused-ring (bicyclic) bond motifs is 1. The number of carbonyl (C=O) groups is 1. The molecule has 1 spiro atoms.